The average Bonchev–Trinajstić information content (AvgIpc) is 2.48. The van der Waals surface area contributed by atoms with Crippen LogP contribution >= 0.6 is 12.4 Å². The molecule has 0 unspecified atom stereocenters. The molecule has 0 aliphatic carbocycles. The maximum absolute atomic E-state index is 13.8. The van der Waals surface area contributed by atoms with Crippen molar-refractivity contribution in [2.75, 3.05) is 26.2 Å². The summed E-state index contributed by atoms with van der Waals surface area (Å²) in [5, 5.41) is 3.07. The Hall–Kier alpha value is -0.920. The summed E-state index contributed by atoms with van der Waals surface area (Å²) >= 11 is 0. The van der Waals surface area contributed by atoms with Gasteiger partial charge in [0, 0.05) is 37.8 Å². The summed E-state index contributed by atoms with van der Waals surface area (Å²) in [6, 6.07) is -0.818. The van der Waals surface area contributed by atoms with Crippen LogP contribution in [0.4, 0.5) is 22.0 Å². The highest BCUT2D eigenvalue weighted by Gasteiger charge is 2.32. The summed E-state index contributed by atoms with van der Waals surface area (Å²) in [6.07, 6.45) is 0.262. The van der Waals surface area contributed by atoms with Gasteiger partial charge in [0.1, 0.15) is 0 Å². The molecule has 120 valence electrons. The first-order valence-corrected chi connectivity index (χ1v) is 6.45. The number of nitrogens with zero attached hydrogens (tertiary/aromatic N) is 1. The number of benzene rings is 1. The molecule has 1 aliphatic heterocycles. The Bertz CT molecular complexity index is 477. The molecule has 0 aromatic heterocycles. The van der Waals surface area contributed by atoms with E-state index in [-0.39, 0.29) is 18.8 Å². The molecule has 21 heavy (non-hydrogen) atoms. The number of halogens is 6. The zero-order valence-corrected chi connectivity index (χ0v) is 12.2. The largest absolute Gasteiger partial charge is 0.314 e. The third-order valence-corrected chi connectivity index (χ3v) is 3.56. The number of piperazine rings is 1. The maximum Gasteiger partial charge on any atom is 0.200 e. The fourth-order valence-electron chi connectivity index (χ4n) is 2.55. The van der Waals surface area contributed by atoms with Crippen molar-refractivity contribution in [2.24, 2.45) is 0 Å². The Morgan fingerprint density at radius 1 is 0.905 bits per heavy atom. The highest BCUT2D eigenvalue weighted by molar-refractivity contribution is 5.85. The molecule has 1 heterocycles. The predicted octanol–water partition coefficient (Wildman–Crippen LogP) is 3.16. The van der Waals surface area contributed by atoms with Crippen molar-refractivity contribution in [2.45, 2.75) is 19.4 Å². The van der Waals surface area contributed by atoms with Gasteiger partial charge in [-0.1, -0.05) is 6.92 Å². The van der Waals surface area contributed by atoms with E-state index in [9.17, 15) is 22.0 Å². The molecule has 1 aliphatic rings. The molecule has 2 rings (SSSR count). The Labute approximate surface area is 125 Å². The monoisotopic (exact) mass is 330 g/mol. The van der Waals surface area contributed by atoms with E-state index < -0.39 is 40.7 Å². The molecule has 1 fully saturated rings. The van der Waals surface area contributed by atoms with Crippen LogP contribution in [-0.2, 0) is 0 Å². The smallest absolute Gasteiger partial charge is 0.200 e. The van der Waals surface area contributed by atoms with Gasteiger partial charge >= 0.3 is 0 Å². The molecule has 1 aromatic carbocycles. The van der Waals surface area contributed by atoms with Crippen LogP contribution in [0.2, 0.25) is 0 Å². The topological polar surface area (TPSA) is 15.3 Å². The van der Waals surface area contributed by atoms with Crippen molar-refractivity contribution in [3.63, 3.8) is 0 Å². The van der Waals surface area contributed by atoms with Gasteiger partial charge in [0.25, 0.3) is 0 Å². The predicted molar refractivity (Wildman–Crippen MR) is 71.0 cm³/mol. The van der Waals surface area contributed by atoms with Crippen molar-refractivity contribution in [1.82, 2.24) is 10.2 Å². The highest BCUT2D eigenvalue weighted by atomic mass is 35.5. The van der Waals surface area contributed by atoms with Gasteiger partial charge in [0.2, 0.25) is 5.82 Å². The van der Waals surface area contributed by atoms with Crippen LogP contribution < -0.4 is 5.32 Å². The van der Waals surface area contributed by atoms with Gasteiger partial charge in [-0.05, 0) is 6.42 Å². The summed E-state index contributed by atoms with van der Waals surface area (Å²) in [7, 11) is 0. The quantitative estimate of drug-likeness (QED) is 0.520. The van der Waals surface area contributed by atoms with Gasteiger partial charge in [-0.3, -0.25) is 4.90 Å². The molecule has 1 N–H and O–H groups in total. The van der Waals surface area contributed by atoms with E-state index in [0.29, 0.717) is 26.2 Å². The summed E-state index contributed by atoms with van der Waals surface area (Å²) in [4.78, 5) is 1.73. The van der Waals surface area contributed by atoms with Gasteiger partial charge < -0.3 is 5.32 Å². The van der Waals surface area contributed by atoms with Crippen molar-refractivity contribution < 1.29 is 22.0 Å². The van der Waals surface area contributed by atoms with E-state index in [4.69, 9.17) is 0 Å². The molecule has 0 saturated carbocycles. The molecule has 1 saturated heterocycles. The molecule has 1 atom stereocenters. The van der Waals surface area contributed by atoms with Crippen LogP contribution in [0.3, 0.4) is 0 Å². The molecular weight excluding hydrogens is 315 g/mol. The van der Waals surface area contributed by atoms with E-state index >= 15 is 0 Å². The summed E-state index contributed by atoms with van der Waals surface area (Å²) < 4.78 is 67.3. The lowest BCUT2D eigenvalue weighted by molar-refractivity contribution is 0.160. The van der Waals surface area contributed by atoms with E-state index in [2.05, 4.69) is 5.32 Å². The maximum atomic E-state index is 13.8. The summed E-state index contributed by atoms with van der Waals surface area (Å²) in [6.45, 7) is 3.89. The molecule has 0 spiro atoms. The highest BCUT2D eigenvalue weighted by Crippen LogP contribution is 2.33. The van der Waals surface area contributed by atoms with Gasteiger partial charge in [0.15, 0.2) is 23.3 Å². The minimum Gasteiger partial charge on any atom is -0.314 e. The lowest BCUT2D eigenvalue weighted by atomic mass is 9.99. The van der Waals surface area contributed by atoms with Crippen LogP contribution in [0.25, 0.3) is 0 Å². The van der Waals surface area contributed by atoms with Crippen LogP contribution in [0.15, 0.2) is 0 Å². The summed E-state index contributed by atoms with van der Waals surface area (Å²) in [5.41, 5.74) is -0.731. The van der Waals surface area contributed by atoms with Crippen molar-refractivity contribution >= 4 is 12.4 Å². The Morgan fingerprint density at radius 3 is 1.76 bits per heavy atom. The first-order valence-electron chi connectivity index (χ1n) is 6.45. The second-order valence-corrected chi connectivity index (χ2v) is 4.69. The number of hydrogen-bond donors (Lipinski definition) is 1. The van der Waals surface area contributed by atoms with Crippen molar-refractivity contribution in [3.8, 4) is 0 Å². The van der Waals surface area contributed by atoms with Crippen molar-refractivity contribution in [3.05, 3.63) is 34.6 Å². The molecule has 0 radical (unpaired) electrons. The van der Waals surface area contributed by atoms with Gasteiger partial charge in [-0.25, -0.2) is 22.0 Å². The molecule has 2 nitrogen and oxygen atoms in total. The molecule has 0 bridgehead atoms. The van der Waals surface area contributed by atoms with Crippen LogP contribution in [0.5, 0.6) is 0 Å². The second-order valence-electron chi connectivity index (χ2n) is 4.69. The Kier molecular flexibility index (Phi) is 6.37. The zero-order valence-electron chi connectivity index (χ0n) is 11.4. The van der Waals surface area contributed by atoms with Gasteiger partial charge in [-0.15, -0.1) is 12.4 Å². The SMILES string of the molecule is CC[C@H](c1c(F)c(F)c(F)c(F)c1F)N1CCNCC1.Cl. The van der Waals surface area contributed by atoms with Gasteiger partial charge in [0.05, 0.1) is 0 Å². The fourth-order valence-corrected chi connectivity index (χ4v) is 2.55. The lowest BCUT2D eigenvalue weighted by Crippen LogP contribution is -2.45. The van der Waals surface area contributed by atoms with Crippen LogP contribution in [0.1, 0.15) is 24.9 Å². The normalized spacial score (nSPS) is 17.4. The van der Waals surface area contributed by atoms with E-state index in [1.807, 2.05) is 0 Å². The fraction of sp³-hybridized carbons (Fsp3) is 0.538. The lowest BCUT2D eigenvalue weighted by Gasteiger charge is -2.35. The van der Waals surface area contributed by atoms with Crippen LogP contribution in [-0.4, -0.2) is 31.1 Å². The first-order chi connectivity index (χ1) is 9.49. The first kappa shape index (κ1) is 18.1. The minimum atomic E-state index is -2.11. The Balaban J connectivity index is 0.00000220. The average molecular weight is 331 g/mol. The number of nitrogens with one attached hydrogen (secondary N) is 1. The Morgan fingerprint density at radius 2 is 1.33 bits per heavy atom. The molecular formula is C13H16ClF5N2. The zero-order chi connectivity index (χ0) is 14.9. The minimum absolute atomic E-state index is 0. The van der Waals surface area contributed by atoms with E-state index in [0.717, 1.165) is 0 Å². The number of hydrogen-bond acceptors (Lipinski definition) is 2. The van der Waals surface area contributed by atoms with E-state index in [1.165, 1.54) is 0 Å². The molecule has 0 amide bonds. The molecule has 1 aromatic rings. The summed E-state index contributed by atoms with van der Waals surface area (Å²) in [5.74, 6) is -9.34. The third kappa shape index (κ3) is 3.30. The van der Waals surface area contributed by atoms with Crippen molar-refractivity contribution in [1.29, 1.82) is 0 Å². The standard InChI is InChI=1S/C13H15F5N2.ClH/c1-2-7(20-5-3-19-4-6-20)8-9(14)11(16)13(18)12(17)10(8)15;/h7,19H,2-6H2,1H3;1H/t7-;/m1./s1. The second kappa shape index (κ2) is 7.38. The number of rotatable bonds is 3. The van der Waals surface area contributed by atoms with Gasteiger partial charge in [-0.2, -0.15) is 0 Å². The third-order valence-electron chi connectivity index (χ3n) is 3.56. The molecule has 8 heteroatoms. The van der Waals surface area contributed by atoms with Crippen LogP contribution in [0, 0.1) is 29.1 Å². The van der Waals surface area contributed by atoms with E-state index in [1.54, 1.807) is 11.8 Å².